The number of aliphatic carboxylic acids is 1. The third kappa shape index (κ3) is 5.13. The van der Waals surface area contributed by atoms with Gasteiger partial charge in [0.05, 0.1) is 12.5 Å². The molecule has 1 fully saturated rings. The highest BCUT2D eigenvalue weighted by atomic mass is 16.5. The maximum absolute atomic E-state index is 11.1. The quantitative estimate of drug-likeness (QED) is 0.364. The van der Waals surface area contributed by atoms with E-state index >= 15 is 0 Å². The second kappa shape index (κ2) is 10.0. The fraction of sp³-hybridized carbons (Fsp3) is 0.345. The molecule has 0 aromatic heterocycles. The highest BCUT2D eigenvalue weighted by molar-refractivity contribution is 5.79. The Morgan fingerprint density at radius 1 is 1.11 bits per heavy atom. The van der Waals surface area contributed by atoms with Crippen molar-refractivity contribution in [3.63, 3.8) is 0 Å². The first-order valence-corrected chi connectivity index (χ1v) is 12.2. The van der Waals surface area contributed by atoms with E-state index in [0.717, 1.165) is 45.9 Å². The highest BCUT2D eigenvalue weighted by Gasteiger charge is 2.44. The Kier molecular flexibility index (Phi) is 6.64. The van der Waals surface area contributed by atoms with Gasteiger partial charge in [0.2, 0.25) is 0 Å². The van der Waals surface area contributed by atoms with Gasteiger partial charge in [-0.05, 0) is 84.8 Å². The molecule has 1 aliphatic heterocycles. The summed E-state index contributed by atoms with van der Waals surface area (Å²) < 4.78 is 17.3. The van der Waals surface area contributed by atoms with Gasteiger partial charge in [0.1, 0.15) is 24.7 Å². The average Bonchev–Trinajstić information content (AvgIpc) is 3.67. The molecule has 1 saturated carbocycles. The molecular weight excluding hydrogens is 442 g/mol. The average molecular weight is 474 g/mol. The number of ether oxygens (including phenoxy) is 3. The molecule has 0 radical (unpaired) electrons. The molecule has 35 heavy (non-hydrogen) atoms. The molecule has 6 heteroatoms. The van der Waals surface area contributed by atoms with Crippen molar-refractivity contribution in [2.24, 2.45) is 5.92 Å². The van der Waals surface area contributed by atoms with Gasteiger partial charge < -0.3 is 24.6 Å². The van der Waals surface area contributed by atoms with Crippen LogP contribution in [0.3, 0.4) is 0 Å². The van der Waals surface area contributed by atoms with E-state index in [0.29, 0.717) is 33.0 Å². The first-order valence-electron chi connectivity index (χ1n) is 12.2. The van der Waals surface area contributed by atoms with Gasteiger partial charge in [0.25, 0.3) is 0 Å². The monoisotopic (exact) mass is 473 g/mol. The largest absolute Gasteiger partial charge is 0.491 e. The number of aryl methyl sites for hydroxylation is 1. The number of benzene rings is 3. The fourth-order valence-electron chi connectivity index (χ4n) is 4.82. The van der Waals surface area contributed by atoms with Crippen LogP contribution in [0.15, 0.2) is 54.6 Å². The van der Waals surface area contributed by atoms with E-state index < -0.39 is 5.97 Å². The van der Waals surface area contributed by atoms with E-state index in [9.17, 15) is 4.79 Å². The van der Waals surface area contributed by atoms with Crippen molar-refractivity contribution < 1.29 is 24.1 Å². The Balaban J connectivity index is 1.27. The Bertz CT molecular complexity index is 1220. The maximum Gasteiger partial charge on any atom is 0.307 e. The van der Waals surface area contributed by atoms with Gasteiger partial charge in [0, 0.05) is 30.0 Å². The summed E-state index contributed by atoms with van der Waals surface area (Å²) in [4.78, 5) is 11.1. The minimum Gasteiger partial charge on any atom is -0.491 e. The summed E-state index contributed by atoms with van der Waals surface area (Å²) in [5, 5.41) is 12.6. The van der Waals surface area contributed by atoms with Crippen LogP contribution in [0.4, 0.5) is 5.69 Å². The third-order valence-corrected chi connectivity index (χ3v) is 6.73. The molecule has 1 heterocycles. The first-order chi connectivity index (χ1) is 17.0. The molecule has 5 rings (SSSR count). The van der Waals surface area contributed by atoms with E-state index in [-0.39, 0.29) is 11.8 Å². The van der Waals surface area contributed by atoms with Crippen LogP contribution in [0, 0.1) is 12.8 Å². The summed E-state index contributed by atoms with van der Waals surface area (Å²) >= 11 is 0. The molecule has 0 bridgehead atoms. The number of nitrogens with one attached hydrogen (secondary N) is 1. The summed E-state index contributed by atoms with van der Waals surface area (Å²) in [5.41, 5.74) is 7.89. The molecule has 6 nitrogen and oxygen atoms in total. The van der Waals surface area contributed by atoms with Gasteiger partial charge in [-0.1, -0.05) is 18.2 Å². The molecule has 3 aromatic rings. The predicted octanol–water partition coefficient (Wildman–Crippen LogP) is 5.77. The number of anilines is 1. The molecule has 0 amide bonds. The van der Waals surface area contributed by atoms with Crippen LogP contribution in [0.25, 0.3) is 11.1 Å². The van der Waals surface area contributed by atoms with Gasteiger partial charge in [-0.25, -0.2) is 0 Å². The molecule has 0 spiro atoms. The normalized spacial score (nSPS) is 17.7. The van der Waals surface area contributed by atoms with Gasteiger partial charge in [0.15, 0.2) is 0 Å². The zero-order valence-electron chi connectivity index (χ0n) is 20.2. The van der Waals surface area contributed by atoms with Crippen molar-refractivity contribution in [3.8, 4) is 22.6 Å². The van der Waals surface area contributed by atoms with E-state index in [1.807, 2.05) is 37.3 Å². The van der Waals surface area contributed by atoms with Crippen LogP contribution in [-0.4, -0.2) is 30.9 Å². The summed E-state index contributed by atoms with van der Waals surface area (Å²) in [7, 11) is 0. The maximum atomic E-state index is 11.1. The SMILES string of the molecule is CCOCCOc1cc(C)c2c(c1)COc1ccc(CNc3ccc(C4CC4C(=O)O)cc3)cc1-2. The summed E-state index contributed by atoms with van der Waals surface area (Å²) in [6.45, 7) is 7.10. The Morgan fingerprint density at radius 3 is 2.69 bits per heavy atom. The smallest absolute Gasteiger partial charge is 0.307 e. The van der Waals surface area contributed by atoms with Crippen LogP contribution in [0.1, 0.15) is 41.5 Å². The predicted molar refractivity (Wildman–Crippen MR) is 135 cm³/mol. The number of hydrogen-bond donors (Lipinski definition) is 2. The number of carboxylic acids is 1. The summed E-state index contributed by atoms with van der Waals surface area (Å²) in [6, 6.07) is 18.6. The van der Waals surface area contributed by atoms with Crippen LogP contribution in [-0.2, 0) is 22.7 Å². The lowest BCUT2D eigenvalue weighted by Crippen LogP contribution is -2.10. The van der Waals surface area contributed by atoms with Gasteiger partial charge in [-0.15, -0.1) is 0 Å². The zero-order valence-corrected chi connectivity index (χ0v) is 20.2. The van der Waals surface area contributed by atoms with Gasteiger partial charge in [-0.3, -0.25) is 4.79 Å². The number of carboxylic acid groups (broad SMARTS) is 1. The minimum absolute atomic E-state index is 0.154. The molecule has 2 aliphatic rings. The number of hydrogen-bond acceptors (Lipinski definition) is 5. The van der Waals surface area contributed by atoms with Crippen molar-refractivity contribution in [1.82, 2.24) is 0 Å². The molecule has 1 aliphatic carbocycles. The van der Waals surface area contributed by atoms with Crippen molar-refractivity contribution in [2.75, 3.05) is 25.1 Å². The molecule has 2 unspecified atom stereocenters. The number of fused-ring (bicyclic) bond motifs is 3. The van der Waals surface area contributed by atoms with E-state index in [2.05, 4.69) is 36.5 Å². The second-order valence-corrected chi connectivity index (χ2v) is 9.20. The summed E-state index contributed by atoms with van der Waals surface area (Å²) in [5.74, 6) is 0.971. The molecular formula is C29H31NO5. The lowest BCUT2D eigenvalue weighted by molar-refractivity contribution is -0.138. The second-order valence-electron chi connectivity index (χ2n) is 9.20. The zero-order chi connectivity index (χ0) is 24.4. The van der Waals surface area contributed by atoms with Crippen LogP contribution >= 0.6 is 0 Å². The van der Waals surface area contributed by atoms with Crippen LogP contribution in [0.2, 0.25) is 0 Å². The molecule has 2 atom stereocenters. The molecule has 182 valence electrons. The van der Waals surface area contributed by atoms with Crippen molar-refractivity contribution in [3.05, 3.63) is 76.9 Å². The van der Waals surface area contributed by atoms with Crippen LogP contribution < -0.4 is 14.8 Å². The summed E-state index contributed by atoms with van der Waals surface area (Å²) in [6.07, 6.45) is 0.737. The first kappa shape index (κ1) is 23.2. The van der Waals surface area contributed by atoms with Crippen LogP contribution in [0.5, 0.6) is 11.5 Å². The molecule has 0 saturated heterocycles. The lowest BCUT2D eigenvalue weighted by Gasteiger charge is -2.24. The Hall–Kier alpha value is -3.51. The molecule has 2 N–H and O–H groups in total. The highest BCUT2D eigenvalue weighted by Crippen LogP contribution is 2.47. The minimum atomic E-state index is -0.698. The number of carbonyl (C=O) groups is 1. The lowest BCUT2D eigenvalue weighted by atomic mass is 9.91. The van der Waals surface area contributed by atoms with E-state index in [4.69, 9.17) is 19.3 Å². The van der Waals surface area contributed by atoms with E-state index in [1.165, 1.54) is 11.1 Å². The van der Waals surface area contributed by atoms with Crippen molar-refractivity contribution >= 4 is 11.7 Å². The Morgan fingerprint density at radius 2 is 1.94 bits per heavy atom. The standard InChI is InChI=1S/C29H31NO5/c1-3-33-10-11-34-23-12-18(2)28-21(14-23)17-35-27-9-4-19(13-26(27)28)16-30-22-7-5-20(6-8-22)24-15-25(24)29(31)32/h4-9,12-14,24-25,30H,3,10-11,15-17H2,1-2H3,(H,31,32). The van der Waals surface area contributed by atoms with Crippen molar-refractivity contribution in [1.29, 1.82) is 0 Å². The van der Waals surface area contributed by atoms with E-state index in [1.54, 1.807) is 0 Å². The fourth-order valence-corrected chi connectivity index (χ4v) is 4.82. The topological polar surface area (TPSA) is 77.0 Å². The molecule has 3 aromatic carbocycles. The Labute approximate surface area is 205 Å². The third-order valence-electron chi connectivity index (χ3n) is 6.73. The van der Waals surface area contributed by atoms with Crippen molar-refractivity contribution in [2.45, 2.75) is 39.3 Å². The van der Waals surface area contributed by atoms with Gasteiger partial charge in [-0.2, -0.15) is 0 Å². The number of rotatable bonds is 10. The van der Waals surface area contributed by atoms with Gasteiger partial charge >= 0.3 is 5.97 Å².